The molecule has 54 valence electrons. The number of halogens is 2. The molecule has 3 heteroatoms. The summed E-state index contributed by atoms with van der Waals surface area (Å²) in [5, 5.41) is 0. The minimum Gasteiger partial charge on any atom is -0.0919 e. The molecule has 0 aliphatic heterocycles. The summed E-state index contributed by atoms with van der Waals surface area (Å²) in [6.07, 6.45) is 3.82. The molecule has 10 heavy (non-hydrogen) atoms. The Morgan fingerprint density at radius 1 is 1.30 bits per heavy atom. The Bertz CT molecular complexity index is 192. The molecule has 0 aromatic heterocycles. The summed E-state index contributed by atoms with van der Waals surface area (Å²) in [6, 6.07) is 0. The third kappa shape index (κ3) is 2.13. The maximum Gasteiger partial charge on any atom is 0.157 e. The molecule has 1 rings (SSSR count). The molecule has 0 radical (unpaired) electrons. The van der Waals surface area contributed by atoms with Crippen LogP contribution < -0.4 is 0 Å². The third-order valence-electron chi connectivity index (χ3n) is 1.38. The van der Waals surface area contributed by atoms with Gasteiger partial charge in [-0.1, -0.05) is 34.9 Å². The van der Waals surface area contributed by atoms with Crippen LogP contribution in [0.4, 0.5) is 0 Å². The van der Waals surface area contributed by atoms with Gasteiger partial charge in [-0.2, -0.15) is 0 Å². The van der Waals surface area contributed by atoms with Gasteiger partial charge in [-0.05, 0) is 25.5 Å². The summed E-state index contributed by atoms with van der Waals surface area (Å²) >= 11 is 11.7. The molecule has 0 fully saturated rings. The molecule has 0 aromatic rings. The summed E-state index contributed by atoms with van der Waals surface area (Å²) in [5.41, 5.74) is 2.14. The van der Waals surface area contributed by atoms with Gasteiger partial charge in [-0.15, -0.1) is 0 Å². The summed E-state index contributed by atoms with van der Waals surface area (Å²) in [6.45, 7) is 3.91. The van der Waals surface area contributed by atoms with Crippen molar-refractivity contribution in [1.82, 2.24) is 0 Å². The van der Waals surface area contributed by atoms with E-state index in [9.17, 15) is 0 Å². The van der Waals surface area contributed by atoms with Crippen molar-refractivity contribution in [2.24, 2.45) is 0 Å². The van der Waals surface area contributed by atoms with E-state index in [1.165, 1.54) is 0 Å². The van der Waals surface area contributed by atoms with Gasteiger partial charge in [0.05, 0.1) is 0 Å². The van der Waals surface area contributed by atoms with Crippen LogP contribution >= 0.6 is 23.2 Å². The van der Waals surface area contributed by atoms with E-state index in [4.69, 9.17) is 23.2 Å². The molecular formula is C7H8Cl2Ti. The zero-order chi connectivity index (χ0) is 7.07. The van der Waals surface area contributed by atoms with Crippen molar-refractivity contribution in [3.8, 4) is 0 Å². The van der Waals surface area contributed by atoms with Crippen LogP contribution in [0.25, 0.3) is 0 Å². The van der Waals surface area contributed by atoms with Crippen molar-refractivity contribution >= 4 is 23.2 Å². The molecule has 1 aliphatic rings. The second-order valence-electron chi connectivity index (χ2n) is 2.34. The van der Waals surface area contributed by atoms with Crippen molar-refractivity contribution in [2.45, 2.75) is 18.2 Å². The molecule has 0 unspecified atom stereocenters. The average Bonchev–Trinajstić information content (AvgIpc) is 1.79. The average molecular weight is 211 g/mol. The van der Waals surface area contributed by atoms with Gasteiger partial charge in [-0.3, -0.25) is 0 Å². The molecule has 0 nitrogen and oxygen atoms in total. The van der Waals surface area contributed by atoms with Crippen molar-refractivity contribution in [3.05, 3.63) is 23.3 Å². The van der Waals surface area contributed by atoms with Crippen LogP contribution in [0.2, 0.25) is 0 Å². The van der Waals surface area contributed by atoms with E-state index < -0.39 is 4.33 Å². The van der Waals surface area contributed by atoms with Gasteiger partial charge in [0.15, 0.2) is 4.33 Å². The molecule has 0 saturated heterocycles. The first kappa shape index (κ1) is 10.8. The summed E-state index contributed by atoms with van der Waals surface area (Å²) < 4.78 is -0.732. The molecular weight excluding hydrogens is 203 g/mol. The van der Waals surface area contributed by atoms with Gasteiger partial charge in [0.2, 0.25) is 0 Å². The normalized spacial score (nSPS) is 21.2. The van der Waals surface area contributed by atoms with Gasteiger partial charge >= 0.3 is 0 Å². The number of alkyl halides is 2. The monoisotopic (exact) mass is 210 g/mol. The first-order valence-electron chi connectivity index (χ1n) is 2.78. The van der Waals surface area contributed by atoms with E-state index in [1.807, 2.05) is 26.0 Å². The van der Waals surface area contributed by atoms with Crippen LogP contribution in [0.3, 0.4) is 0 Å². The topological polar surface area (TPSA) is 0 Å². The van der Waals surface area contributed by atoms with E-state index in [0.717, 1.165) is 11.1 Å². The molecule has 0 bridgehead atoms. The van der Waals surface area contributed by atoms with Gasteiger partial charge < -0.3 is 0 Å². The molecule has 1 aliphatic carbocycles. The van der Waals surface area contributed by atoms with Crippen molar-refractivity contribution < 1.29 is 21.7 Å². The van der Waals surface area contributed by atoms with Crippen LogP contribution in [0.1, 0.15) is 13.8 Å². The Morgan fingerprint density at radius 2 is 1.80 bits per heavy atom. The summed E-state index contributed by atoms with van der Waals surface area (Å²) in [5.74, 6) is 0. The Labute approximate surface area is 86.2 Å². The zero-order valence-corrected chi connectivity index (χ0v) is 8.98. The fourth-order valence-corrected chi connectivity index (χ4v) is 1.33. The predicted octanol–water partition coefficient (Wildman–Crippen LogP) is 3.06. The van der Waals surface area contributed by atoms with Gasteiger partial charge in [0.25, 0.3) is 0 Å². The van der Waals surface area contributed by atoms with E-state index in [-0.39, 0.29) is 21.7 Å². The van der Waals surface area contributed by atoms with Gasteiger partial charge in [0.1, 0.15) is 0 Å². The first-order chi connectivity index (χ1) is 4.02. The van der Waals surface area contributed by atoms with Crippen LogP contribution in [0, 0.1) is 0 Å². The Morgan fingerprint density at radius 3 is 1.90 bits per heavy atom. The fourth-order valence-electron chi connectivity index (χ4n) is 0.879. The summed E-state index contributed by atoms with van der Waals surface area (Å²) in [7, 11) is 0. The van der Waals surface area contributed by atoms with Crippen LogP contribution in [-0.4, -0.2) is 4.33 Å². The summed E-state index contributed by atoms with van der Waals surface area (Å²) in [4.78, 5) is 0. The van der Waals surface area contributed by atoms with Crippen LogP contribution in [0.5, 0.6) is 0 Å². The number of hydrogen-bond acceptors (Lipinski definition) is 0. The molecule has 0 atom stereocenters. The third-order valence-corrected chi connectivity index (χ3v) is 2.19. The van der Waals surface area contributed by atoms with Crippen molar-refractivity contribution in [1.29, 1.82) is 0 Å². The number of rotatable bonds is 0. The Hall–Kier alpha value is 0.774. The van der Waals surface area contributed by atoms with Crippen LogP contribution in [0.15, 0.2) is 23.3 Å². The number of allylic oxidation sites excluding steroid dienone is 4. The molecule has 0 N–H and O–H groups in total. The predicted molar refractivity (Wildman–Crippen MR) is 42.0 cm³/mol. The minimum atomic E-state index is -0.732. The quantitative estimate of drug-likeness (QED) is 0.426. The minimum absolute atomic E-state index is 0. The Kier molecular flexibility index (Phi) is 3.71. The smallest absolute Gasteiger partial charge is 0.0919 e. The van der Waals surface area contributed by atoms with E-state index in [2.05, 4.69) is 0 Å². The van der Waals surface area contributed by atoms with Crippen LogP contribution in [-0.2, 0) is 21.7 Å². The molecule has 0 saturated carbocycles. The van der Waals surface area contributed by atoms with E-state index >= 15 is 0 Å². The molecule has 0 heterocycles. The zero-order valence-electron chi connectivity index (χ0n) is 5.91. The first-order valence-corrected chi connectivity index (χ1v) is 3.54. The Balaban J connectivity index is 0.000000810. The SMILES string of the molecule is CC1=CC(Cl)(Cl)C(C)=C1.[Ti]. The second kappa shape index (κ2) is 3.45. The van der Waals surface area contributed by atoms with Crippen molar-refractivity contribution in [3.63, 3.8) is 0 Å². The largest absolute Gasteiger partial charge is 0.157 e. The maximum atomic E-state index is 5.83. The van der Waals surface area contributed by atoms with Crippen molar-refractivity contribution in [2.75, 3.05) is 0 Å². The molecule has 0 spiro atoms. The van der Waals surface area contributed by atoms with E-state index in [0.29, 0.717) is 0 Å². The fraction of sp³-hybridized carbons (Fsp3) is 0.429. The number of hydrogen-bond donors (Lipinski definition) is 0. The van der Waals surface area contributed by atoms with Gasteiger partial charge in [0, 0.05) is 21.7 Å². The van der Waals surface area contributed by atoms with Gasteiger partial charge in [-0.25, -0.2) is 0 Å². The van der Waals surface area contributed by atoms with E-state index in [1.54, 1.807) is 0 Å². The standard InChI is InChI=1S/C7H8Cl2.Ti/c1-5-3-6(2)7(8,9)4-5;/h3-4H,1-2H3;. The molecule has 0 amide bonds. The second-order valence-corrected chi connectivity index (χ2v) is 3.72. The molecule has 0 aromatic carbocycles. The maximum absolute atomic E-state index is 5.83.